The fourth-order valence-electron chi connectivity index (χ4n) is 1.76. The van der Waals surface area contributed by atoms with Crippen LogP contribution in [0.25, 0.3) is 6.08 Å². The smallest absolute Gasteiger partial charge is 0.244 e. The Hall–Kier alpha value is -2.17. The standard InChI is InChI=1S/C16H23NO4/c1-6-11(2)17-15(18)8-7-12-9-13(19-3)16(21-5)14(10-12)20-4/h7-11H,6H2,1-5H3,(H,17,18)/b8-7+. The van der Waals surface area contributed by atoms with Crippen LogP contribution in [0.15, 0.2) is 18.2 Å². The van der Waals surface area contributed by atoms with Gasteiger partial charge in [0, 0.05) is 12.1 Å². The molecule has 0 aliphatic carbocycles. The van der Waals surface area contributed by atoms with Crippen molar-refractivity contribution in [3.8, 4) is 17.2 Å². The summed E-state index contributed by atoms with van der Waals surface area (Å²) < 4.78 is 15.8. The third-order valence-electron chi connectivity index (χ3n) is 3.12. The topological polar surface area (TPSA) is 56.8 Å². The van der Waals surface area contributed by atoms with E-state index in [0.717, 1.165) is 12.0 Å². The zero-order valence-corrected chi connectivity index (χ0v) is 13.2. The Morgan fingerprint density at radius 2 is 1.76 bits per heavy atom. The fraction of sp³-hybridized carbons (Fsp3) is 0.438. The van der Waals surface area contributed by atoms with Crippen LogP contribution in [-0.4, -0.2) is 33.3 Å². The first-order chi connectivity index (χ1) is 10.0. The molecule has 0 aliphatic heterocycles. The molecule has 21 heavy (non-hydrogen) atoms. The number of nitrogens with one attached hydrogen (secondary N) is 1. The maximum Gasteiger partial charge on any atom is 0.244 e. The predicted molar refractivity (Wildman–Crippen MR) is 83.0 cm³/mol. The molecule has 1 aromatic carbocycles. The number of benzene rings is 1. The van der Waals surface area contributed by atoms with E-state index < -0.39 is 0 Å². The molecule has 0 radical (unpaired) electrons. The Morgan fingerprint density at radius 1 is 1.19 bits per heavy atom. The number of hydrogen-bond donors (Lipinski definition) is 1. The summed E-state index contributed by atoms with van der Waals surface area (Å²) in [5.74, 6) is 1.51. The number of carbonyl (C=O) groups is 1. The number of methoxy groups -OCH3 is 3. The maximum absolute atomic E-state index is 11.7. The van der Waals surface area contributed by atoms with Crippen molar-refractivity contribution >= 4 is 12.0 Å². The van der Waals surface area contributed by atoms with Gasteiger partial charge in [-0.25, -0.2) is 0 Å². The first kappa shape index (κ1) is 16.9. The molecule has 0 saturated carbocycles. The van der Waals surface area contributed by atoms with E-state index in [2.05, 4.69) is 5.32 Å². The highest BCUT2D eigenvalue weighted by molar-refractivity contribution is 5.92. The van der Waals surface area contributed by atoms with Gasteiger partial charge < -0.3 is 19.5 Å². The van der Waals surface area contributed by atoms with Gasteiger partial charge in [0.25, 0.3) is 0 Å². The van der Waals surface area contributed by atoms with E-state index >= 15 is 0 Å². The Labute approximate surface area is 125 Å². The first-order valence-corrected chi connectivity index (χ1v) is 6.84. The highest BCUT2D eigenvalue weighted by Gasteiger charge is 2.12. The first-order valence-electron chi connectivity index (χ1n) is 6.84. The van der Waals surface area contributed by atoms with Crippen LogP contribution < -0.4 is 19.5 Å². The normalized spacial score (nSPS) is 12.0. The lowest BCUT2D eigenvalue weighted by molar-refractivity contribution is -0.117. The molecule has 1 N–H and O–H groups in total. The monoisotopic (exact) mass is 293 g/mol. The number of hydrogen-bond acceptors (Lipinski definition) is 4. The lowest BCUT2D eigenvalue weighted by Gasteiger charge is -2.13. The third kappa shape index (κ3) is 4.70. The van der Waals surface area contributed by atoms with Crippen molar-refractivity contribution in [1.82, 2.24) is 5.32 Å². The van der Waals surface area contributed by atoms with E-state index in [9.17, 15) is 4.79 Å². The van der Waals surface area contributed by atoms with Crippen LogP contribution in [-0.2, 0) is 4.79 Å². The van der Waals surface area contributed by atoms with Crippen molar-refractivity contribution in [1.29, 1.82) is 0 Å². The van der Waals surface area contributed by atoms with Crippen molar-refractivity contribution < 1.29 is 19.0 Å². The van der Waals surface area contributed by atoms with Gasteiger partial charge in [-0.1, -0.05) is 6.92 Å². The SMILES string of the molecule is CCC(C)NC(=O)/C=C/c1cc(OC)c(OC)c(OC)c1. The molecular weight excluding hydrogens is 270 g/mol. The molecule has 1 unspecified atom stereocenters. The van der Waals surface area contributed by atoms with Crippen LogP contribution >= 0.6 is 0 Å². The molecule has 1 atom stereocenters. The zero-order valence-electron chi connectivity index (χ0n) is 13.2. The summed E-state index contributed by atoms with van der Waals surface area (Å²) in [4.78, 5) is 11.7. The molecule has 1 amide bonds. The van der Waals surface area contributed by atoms with Crippen molar-refractivity contribution in [2.45, 2.75) is 26.3 Å². The molecule has 0 aromatic heterocycles. The van der Waals surface area contributed by atoms with Crippen molar-refractivity contribution in [3.05, 3.63) is 23.8 Å². The van der Waals surface area contributed by atoms with Gasteiger partial charge in [-0.3, -0.25) is 4.79 Å². The van der Waals surface area contributed by atoms with Gasteiger partial charge in [-0.2, -0.15) is 0 Å². The summed E-state index contributed by atoms with van der Waals surface area (Å²) in [6.45, 7) is 3.99. The molecule has 0 heterocycles. The average Bonchev–Trinajstić information content (AvgIpc) is 2.51. The predicted octanol–water partition coefficient (Wildman–Crippen LogP) is 2.64. The Balaban J connectivity index is 2.96. The molecular formula is C16H23NO4. The second kappa shape index (κ2) is 8.19. The van der Waals surface area contributed by atoms with Gasteiger partial charge in [-0.05, 0) is 37.1 Å². The molecule has 1 aromatic rings. The summed E-state index contributed by atoms with van der Waals surface area (Å²) >= 11 is 0. The third-order valence-corrected chi connectivity index (χ3v) is 3.12. The minimum absolute atomic E-state index is 0.127. The summed E-state index contributed by atoms with van der Waals surface area (Å²) in [6.07, 6.45) is 4.10. The molecule has 0 spiro atoms. The van der Waals surface area contributed by atoms with Gasteiger partial charge in [0.15, 0.2) is 11.5 Å². The van der Waals surface area contributed by atoms with Crippen molar-refractivity contribution in [3.63, 3.8) is 0 Å². The van der Waals surface area contributed by atoms with Gasteiger partial charge in [0.2, 0.25) is 11.7 Å². The summed E-state index contributed by atoms with van der Waals surface area (Å²) in [5, 5.41) is 2.87. The van der Waals surface area contributed by atoms with Crippen LogP contribution in [0.4, 0.5) is 0 Å². The van der Waals surface area contributed by atoms with Crippen LogP contribution in [0.1, 0.15) is 25.8 Å². The molecule has 1 rings (SSSR count). The lowest BCUT2D eigenvalue weighted by atomic mass is 10.1. The zero-order chi connectivity index (χ0) is 15.8. The second-order valence-electron chi connectivity index (χ2n) is 4.61. The Morgan fingerprint density at radius 3 is 2.19 bits per heavy atom. The fourth-order valence-corrected chi connectivity index (χ4v) is 1.76. The highest BCUT2D eigenvalue weighted by Crippen LogP contribution is 2.38. The quantitative estimate of drug-likeness (QED) is 0.785. The average molecular weight is 293 g/mol. The minimum atomic E-state index is -0.127. The second-order valence-corrected chi connectivity index (χ2v) is 4.61. The van der Waals surface area contributed by atoms with E-state index in [1.54, 1.807) is 39.5 Å². The van der Waals surface area contributed by atoms with E-state index in [4.69, 9.17) is 14.2 Å². The summed E-state index contributed by atoms with van der Waals surface area (Å²) in [7, 11) is 4.66. The molecule has 0 bridgehead atoms. The molecule has 116 valence electrons. The van der Waals surface area contributed by atoms with Crippen molar-refractivity contribution in [2.75, 3.05) is 21.3 Å². The molecule has 5 heteroatoms. The molecule has 0 aliphatic rings. The maximum atomic E-state index is 11.7. The Kier molecular flexibility index (Phi) is 6.59. The van der Waals surface area contributed by atoms with Crippen molar-refractivity contribution in [2.24, 2.45) is 0 Å². The van der Waals surface area contributed by atoms with Gasteiger partial charge in [0.05, 0.1) is 21.3 Å². The summed E-state index contributed by atoms with van der Waals surface area (Å²) in [6, 6.07) is 3.73. The Bertz CT molecular complexity index is 486. The summed E-state index contributed by atoms with van der Waals surface area (Å²) in [5.41, 5.74) is 0.795. The van der Waals surface area contributed by atoms with Crippen LogP contribution in [0.3, 0.4) is 0 Å². The van der Waals surface area contributed by atoms with Crippen LogP contribution in [0, 0.1) is 0 Å². The van der Waals surface area contributed by atoms with Gasteiger partial charge in [0.1, 0.15) is 0 Å². The number of amides is 1. The van der Waals surface area contributed by atoms with E-state index in [-0.39, 0.29) is 11.9 Å². The molecule has 0 saturated heterocycles. The van der Waals surface area contributed by atoms with E-state index in [1.165, 1.54) is 6.08 Å². The van der Waals surface area contributed by atoms with E-state index in [0.29, 0.717) is 17.2 Å². The van der Waals surface area contributed by atoms with Crippen LogP contribution in [0.5, 0.6) is 17.2 Å². The number of rotatable bonds is 7. The number of carbonyl (C=O) groups excluding carboxylic acids is 1. The number of ether oxygens (including phenoxy) is 3. The van der Waals surface area contributed by atoms with Crippen LogP contribution in [0.2, 0.25) is 0 Å². The lowest BCUT2D eigenvalue weighted by Crippen LogP contribution is -2.30. The molecule has 5 nitrogen and oxygen atoms in total. The largest absolute Gasteiger partial charge is 0.493 e. The molecule has 0 fully saturated rings. The van der Waals surface area contributed by atoms with Gasteiger partial charge >= 0.3 is 0 Å². The minimum Gasteiger partial charge on any atom is -0.493 e. The highest BCUT2D eigenvalue weighted by atomic mass is 16.5. The van der Waals surface area contributed by atoms with Gasteiger partial charge in [-0.15, -0.1) is 0 Å². The van der Waals surface area contributed by atoms with E-state index in [1.807, 2.05) is 13.8 Å².